The molecule has 0 unspecified atom stereocenters. The van der Waals surface area contributed by atoms with Gasteiger partial charge in [0, 0.05) is 26.2 Å². The van der Waals surface area contributed by atoms with E-state index in [0.717, 1.165) is 42.1 Å². The van der Waals surface area contributed by atoms with Gasteiger partial charge >= 0.3 is 0 Å². The van der Waals surface area contributed by atoms with Crippen LogP contribution in [0.3, 0.4) is 0 Å². The maximum absolute atomic E-state index is 12.7. The molecule has 1 aliphatic heterocycles. The van der Waals surface area contributed by atoms with Crippen molar-refractivity contribution >= 4 is 22.9 Å². The third-order valence-electron chi connectivity index (χ3n) is 5.20. The predicted molar refractivity (Wildman–Crippen MR) is 113 cm³/mol. The summed E-state index contributed by atoms with van der Waals surface area (Å²) in [4.78, 5) is 24.8. The summed E-state index contributed by atoms with van der Waals surface area (Å²) in [5.74, 6) is 2.08. The van der Waals surface area contributed by atoms with Crippen LogP contribution in [0.1, 0.15) is 12.0 Å². The van der Waals surface area contributed by atoms with Crippen molar-refractivity contribution in [3.05, 3.63) is 48.0 Å². The number of methoxy groups -OCH3 is 1. The van der Waals surface area contributed by atoms with E-state index in [4.69, 9.17) is 9.47 Å². The van der Waals surface area contributed by atoms with Crippen molar-refractivity contribution in [3.63, 3.8) is 0 Å². The Morgan fingerprint density at radius 2 is 1.97 bits per heavy atom. The fourth-order valence-corrected chi connectivity index (χ4v) is 3.59. The van der Waals surface area contributed by atoms with Crippen molar-refractivity contribution < 1.29 is 14.3 Å². The molecule has 7 heteroatoms. The lowest BCUT2D eigenvalue weighted by Crippen LogP contribution is -2.38. The highest BCUT2D eigenvalue weighted by molar-refractivity contribution is 5.78. The minimum atomic E-state index is -0.0147. The summed E-state index contributed by atoms with van der Waals surface area (Å²) in [6, 6.07) is 13.7. The molecule has 152 valence electrons. The number of carbonyl (C=O) groups is 1. The number of rotatable bonds is 5. The van der Waals surface area contributed by atoms with E-state index in [9.17, 15) is 4.79 Å². The van der Waals surface area contributed by atoms with Gasteiger partial charge < -0.3 is 24.3 Å². The molecule has 0 atom stereocenters. The van der Waals surface area contributed by atoms with Crippen LogP contribution in [0.4, 0.5) is 5.95 Å². The summed E-state index contributed by atoms with van der Waals surface area (Å²) in [7, 11) is 1.60. The molecule has 1 amide bonds. The van der Waals surface area contributed by atoms with E-state index < -0.39 is 0 Å². The number of nitrogens with one attached hydrogen (secondary N) is 1. The van der Waals surface area contributed by atoms with E-state index in [0.29, 0.717) is 24.6 Å². The minimum Gasteiger partial charge on any atom is -0.493 e. The van der Waals surface area contributed by atoms with Crippen LogP contribution in [0.25, 0.3) is 11.0 Å². The summed E-state index contributed by atoms with van der Waals surface area (Å²) in [6.07, 6.45) is 0.886. The summed E-state index contributed by atoms with van der Waals surface area (Å²) in [5.41, 5.74) is 3.07. The number of hydrogen-bond acceptors (Lipinski definition) is 5. The summed E-state index contributed by atoms with van der Waals surface area (Å²) < 4.78 is 11.1. The molecule has 2 aromatic carbocycles. The van der Waals surface area contributed by atoms with Crippen LogP contribution in [0, 0.1) is 6.92 Å². The van der Waals surface area contributed by atoms with Crippen LogP contribution >= 0.6 is 0 Å². The molecule has 0 aliphatic carbocycles. The second-order valence-electron chi connectivity index (χ2n) is 7.24. The van der Waals surface area contributed by atoms with Gasteiger partial charge in [0.25, 0.3) is 5.91 Å². The fourth-order valence-electron chi connectivity index (χ4n) is 3.59. The quantitative estimate of drug-likeness (QED) is 0.720. The van der Waals surface area contributed by atoms with E-state index in [1.807, 2.05) is 54.3 Å². The van der Waals surface area contributed by atoms with Crippen LogP contribution < -0.4 is 14.4 Å². The number of carbonyl (C=O) groups excluding carboxylic acids is 1. The maximum atomic E-state index is 12.7. The summed E-state index contributed by atoms with van der Waals surface area (Å²) >= 11 is 0. The highest BCUT2D eigenvalue weighted by atomic mass is 16.5. The monoisotopic (exact) mass is 394 g/mol. The Labute approximate surface area is 170 Å². The number of hydrogen-bond donors (Lipinski definition) is 1. The van der Waals surface area contributed by atoms with Gasteiger partial charge in [-0.15, -0.1) is 0 Å². The molecule has 7 nitrogen and oxygen atoms in total. The molecule has 0 radical (unpaired) electrons. The normalized spacial score (nSPS) is 14.7. The van der Waals surface area contributed by atoms with Crippen LogP contribution in [0.2, 0.25) is 0 Å². The van der Waals surface area contributed by atoms with Gasteiger partial charge in [0.2, 0.25) is 5.95 Å². The van der Waals surface area contributed by atoms with E-state index in [1.165, 1.54) is 0 Å². The second kappa shape index (κ2) is 8.43. The molecule has 0 spiro atoms. The number of para-hydroxylation sites is 2. The lowest BCUT2D eigenvalue weighted by molar-refractivity contribution is -0.133. The van der Waals surface area contributed by atoms with E-state index in [2.05, 4.69) is 14.9 Å². The number of aryl methyl sites for hydroxylation is 1. The number of aromatic amines is 1. The Morgan fingerprint density at radius 1 is 1.10 bits per heavy atom. The molecule has 1 saturated heterocycles. The molecule has 1 aliphatic rings. The molecular formula is C22H26N4O3. The minimum absolute atomic E-state index is 0.00403. The highest BCUT2D eigenvalue weighted by Gasteiger charge is 2.21. The van der Waals surface area contributed by atoms with Crippen molar-refractivity contribution in [3.8, 4) is 11.5 Å². The molecule has 4 rings (SSSR count). The molecular weight excluding hydrogens is 368 g/mol. The predicted octanol–water partition coefficient (Wildman–Crippen LogP) is 3.00. The van der Waals surface area contributed by atoms with Gasteiger partial charge in [-0.3, -0.25) is 4.79 Å². The second-order valence-corrected chi connectivity index (χ2v) is 7.24. The molecule has 1 fully saturated rings. The highest BCUT2D eigenvalue weighted by Crippen LogP contribution is 2.27. The molecule has 3 aromatic rings. The topological polar surface area (TPSA) is 70.7 Å². The first-order valence-corrected chi connectivity index (χ1v) is 9.89. The third kappa shape index (κ3) is 4.29. The zero-order valence-electron chi connectivity index (χ0n) is 16.9. The standard InChI is InChI=1S/C22H26N4O3/c1-16-8-9-19(20(14-16)28-2)29-15-21(27)25-10-5-11-26(13-12-25)22-23-17-6-3-4-7-18(17)24-22/h3-4,6-9,14H,5,10-13,15H2,1-2H3,(H,23,24). The maximum Gasteiger partial charge on any atom is 0.260 e. The van der Waals surface area contributed by atoms with Gasteiger partial charge in [0.05, 0.1) is 18.1 Å². The summed E-state index contributed by atoms with van der Waals surface area (Å²) in [5, 5.41) is 0. The van der Waals surface area contributed by atoms with Gasteiger partial charge in [-0.2, -0.15) is 0 Å². The Balaban J connectivity index is 1.36. The van der Waals surface area contributed by atoms with E-state index in [1.54, 1.807) is 7.11 Å². The zero-order chi connectivity index (χ0) is 20.2. The van der Waals surface area contributed by atoms with Crippen molar-refractivity contribution in [1.82, 2.24) is 14.9 Å². The first kappa shape index (κ1) is 19.1. The number of amides is 1. The van der Waals surface area contributed by atoms with Gasteiger partial charge in [-0.05, 0) is 43.2 Å². The van der Waals surface area contributed by atoms with Crippen molar-refractivity contribution in [1.29, 1.82) is 0 Å². The van der Waals surface area contributed by atoms with Crippen LogP contribution in [0.15, 0.2) is 42.5 Å². The third-order valence-corrected chi connectivity index (χ3v) is 5.20. The van der Waals surface area contributed by atoms with Gasteiger partial charge in [0.1, 0.15) is 0 Å². The lowest BCUT2D eigenvalue weighted by Gasteiger charge is -2.22. The molecule has 1 N–H and O–H groups in total. The SMILES string of the molecule is COc1cc(C)ccc1OCC(=O)N1CCCN(c2nc3ccccc3[nH]2)CC1. The average molecular weight is 394 g/mol. The average Bonchev–Trinajstić information content (AvgIpc) is 3.01. The van der Waals surface area contributed by atoms with Crippen molar-refractivity contribution in [2.45, 2.75) is 13.3 Å². The lowest BCUT2D eigenvalue weighted by atomic mass is 10.2. The van der Waals surface area contributed by atoms with Gasteiger partial charge in [0.15, 0.2) is 18.1 Å². The van der Waals surface area contributed by atoms with Gasteiger partial charge in [-0.25, -0.2) is 4.98 Å². The molecule has 0 bridgehead atoms. The van der Waals surface area contributed by atoms with E-state index in [-0.39, 0.29) is 12.5 Å². The molecule has 0 saturated carbocycles. The number of H-pyrrole nitrogens is 1. The Bertz CT molecular complexity index is 968. The van der Waals surface area contributed by atoms with E-state index >= 15 is 0 Å². The number of fused-ring (bicyclic) bond motifs is 1. The fraction of sp³-hybridized carbons (Fsp3) is 0.364. The van der Waals surface area contributed by atoms with Crippen LogP contribution in [0.5, 0.6) is 11.5 Å². The largest absolute Gasteiger partial charge is 0.493 e. The van der Waals surface area contributed by atoms with Crippen LogP contribution in [-0.2, 0) is 4.79 Å². The number of nitrogens with zero attached hydrogens (tertiary/aromatic N) is 3. The Hall–Kier alpha value is -3.22. The Kier molecular flexibility index (Phi) is 5.55. The first-order valence-electron chi connectivity index (χ1n) is 9.89. The van der Waals surface area contributed by atoms with Gasteiger partial charge in [-0.1, -0.05) is 18.2 Å². The number of anilines is 1. The van der Waals surface area contributed by atoms with Crippen molar-refractivity contribution in [2.75, 3.05) is 44.8 Å². The molecule has 29 heavy (non-hydrogen) atoms. The molecule has 1 aromatic heterocycles. The van der Waals surface area contributed by atoms with Crippen molar-refractivity contribution in [2.24, 2.45) is 0 Å². The number of ether oxygens (including phenoxy) is 2. The number of aromatic nitrogens is 2. The zero-order valence-corrected chi connectivity index (χ0v) is 16.9. The smallest absolute Gasteiger partial charge is 0.260 e. The summed E-state index contributed by atoms with van der Waals surface area (Å²) in [6.45, 7) is 4.94. The van der Waals surface area contributed by atoms with Crippen LogP contribution in [-0.4, -0.2) is 60.7 Å². The first-order chi connectivity index (χ1) is 14.1. The molecule has 2 heterocycles. The number of imidazole rings is 1. The number of benzene rings is 2. The Morgan fingerprint density at radius 3 is 2.79 bits per heavy atom.